The normalized spacial score (nSPS) is 16.0. The van der Waals surface area contributed by atoms with E-state index in [1.54, 1.807) is 32.9 Å². The summed E-state index contributed by atoms with van der Waals surface area (Å²) in [6, 6.07) is 0. The first-order valence-corrected chi connectivity index (χ1v) is 4.03. The molecule has 0 aromatic heterocycles. The number of ether oxygens (including phenoxy) is 1. The van der Waals surface area contributed by atoms with Crippen molar-refractivity contribution >= 4 is 5.97 Å². The third kappa shape index (κ3) is 4.91. The fraction of sp³-hybridized carbons (Fsp3) is 0.667. The molecular formula is C9H16O3. The molecule has 70 valence electrons. The fourth-order valence-electron chi connectivity index (χ4n) is 0.922. The summed E-state index contributed by atoms with van der Waals surface area (Å²) in [6.07, 6.45) is 3.29. The van der Waals surface area contributed by atoms with Crippen molar-refractivity contribution in [2.75, 3.05) is 6.61 Å². The molecule has 0 aliphatic rings. The average Bonchev–Trinajstić information content (AvgIpc) is 1.85. The predicted molar refractivity (Wildman–Crippen MR) is 46.7 cm³/mol. The molecule has 0 aliphatic heterocycles. The summed E-state index contributed by atoms with van der Waals surface area (Å²) < 4.78 is 4.69. The lowest BCUT2D eigenvalue weighted by molar-refractivity contribution is -0.146. The van der Waals surface area contributed by atoms with E-state index in [1.807, 2.05) is 0 Å². The highest BCUT2D eigenvalue weighted by Gasteiger charge is 2.21. The molecule has 0 radical (unpaired) electrons. The number of hydrogen-bond acceptors (Lipinski definition) is 3. The first-order valence-electron chi connectivity index (χ1n) is 4.03. The van der Waals surface area contributed by atoms with Gasteiger partial charge in [0.15, 0.2) is 0 Å². The number of hydrogen-bond donors (Lipinski definition) is 1. The molecule has 12 heavy (non-hydrogen) atoms. The Morgan fingerprint density at radius 2 is 2.25 bits per heavy atom. The van der Waals surface area contributed by atoms with Gasteiger partial charge in [-0.05, 0) is 20.8 Å². The van der Waals surface area contributed by atoms with E-state index in [1.165, 1.54) is 0 Å². The molecule has 0 rings (SSSR count). The number of rotatable bonds is 4. The van der Waals surface area contributed by atoms with Gasteiger partial charge >= 0.3 is 5.97 Å². The third-order valence-corrected chi connectivity index (χ3v) is 1.33. The Hall–Kier alpha value is -0.830. The Labute approximate surface area is 73.0 Å². The molecule has 0 aromatic carbocycles. The van der Waals surface area contributed by atoms with Gasteiger partial charge in [-0.25, -0.2) is 0 Å². The maximum absolute atomic E-state index is 10.9. The molecule has 1 unspecified atom stereocenters. The minimum absolute atomic E-state index is 0.00514. The van der Waals surface area contributed by atoms with Gasteiger partial charge in [-0.2, -0.15) is 0 Å². The molecule has 0 saturated carbocycles. The molecule has 0 spiro atoms. The summed E-state index contributed by atoms with van der Waals surface area (Å²) >= 11 is 0. The van der Waals surface area contributed by atoms with Gasteiger partial charge < -0.3 is 9.84 Å². The zero-order valence-electron chi connectivity index (χ0n) is 7.83. The molecule has 0 amide bonds. The van der Waals surface area contributed by atoms with Crippen LogP contribution in [0.2, 0.25) is 0 Å². The lowest BCUT2D eigenvalue weighted by Crippen LogP contribution is -2.26. The van der Waals surface area contributed by atoms with Crippen molar-refractivity contribution in [3.63, 3.8) is 0 Å². The van der Waals surface area contributed by atoms with Crippen molar-refractivity contribution in [3.05, 3.63) is 12.2 Å². The summed E-state index contributed by atoms with van der Waals surface area (Å²) in [4.78, 5) is 10.9. The van der Waals surface area contributed by atoms with Crippen LogP contribution in [0.3, 0.4) is 0 Å². The van der Waals surface area contributed by atoms with Gasteiger partial charge in [0, 0.05) is 0 Å². The van der Waals surface area contributed by atoms with Gasteiger partial charge in [-0.1, -0.05) is 12.2 Å². The predicted octanol–water partition coefficient (Wildman–Crippen LogP) is 1.27. The summed E-state index contributed by atoms with van der Waals surface area (Å²) in [5.41, 5.74) is -1.08. The molecule has 0 heterocycles. The minimum atomic E-state index is -1.08. The van der Waals surface area contributed by atoms with Crippen LogP contribution in [-0.2, 0) is 9.53 Å². The van der Waals surface area contributed by atoms with Crippen LogP contribution in [-0.4, -0.2) is 23.3 Å². The Bertz CT molecular complexity index is 171. The van der Waals surface area contributed by atoms with Crippen molar-refractivity contribution in [2.24, 2.45) is 0 Å². The standard InChI is InChI=1S/C9H16O3/c1-4-6-9(3,11)7-8(10)12-5-2/h4,6,11H,5,7H2,1-3H3. The Morgan fingerprint density at radius 3 is 2.67 bits per heavy atom. The molecule has 0 aliphatic carbocycles. The van der Waals surface area contributed by atoms with Crippen molar-refractivity contribution in [3.8, 4) is 0 Å². The van der Waals surface area contributed by atoms with Crippen LogP contribution < -0.4 is 0 Å². The van der Waals surface area contributed by atoms with Crippen molar-refractivity contribution in [1.82, 2.24) is 0 Å². The van der Waals surface area contributed by atoms with Gasteiger partial charge in [0.05, 0.1) is 18.6 Å². The Kier molecular flexibility index (Phi) is 4.59. The maximum Gasteiger partial charge on any atom is 0.309 e. The largest absolute Gasteiger partial charge is 0.466 e. The monoisotopic (exact) mass is 172 g/mol. The lowest BCUT2D eigenvalue weighted by atomic mass is 10.0. The van der Waals surface area contributed by atoms with Crippen LogP contribution in [0.15, 0.2) is 12.2 Å². The summed E-state index contributed by atoms with van der Waals surface area (Å²) in [6.45, 7) is 5.45. The first-order chi connectivity index (χ1) is 5.52. The lowest BCUT2D eigenvalue weighted by Gasteiger charge is -2.16. The molecule has 1 N–H and O–H groups in total. The van der Waals surface area contributed by atoms with Gasteiger partial charge in [0.2, 0.25) is 0 Å². The average molecular weight is 172 g/mol. The molecule has 0 saturated heterocycles. The number of aliphatic hydroxyl groups is 1. The molecular weight excluding hydrogens is 156 g/mol. The van der Waals surface area contributed by atoms with E-state index >= 15 is 0 Å². The smallest absolute Gasteiger partial charge is 0.309 e. The van der Waals surface area contributed by atoms with Crippen molar-refractivity contribution in [1.29, 1.82) is 0 Å². The second kappa shape index (κ2) is 4.93. The van der Waals surface area contributed by atoms with Crippen molar-refractivity contribution in [2.45, 2.75) is 32.8 Å². The highest BCUT2D eigenvalue weighted by Crippen LogP contribution is 2.11. The molecule has 0 fully saturated rings. The van der Waals surface area contributed by atoms with E-state index in [0.717, 1.165) is 0 Å². The van der Waals surface area contributed by atoms with Crippen LogP contribution >= 0.6 is 0 Å². The highest BCUT2D eigenvalue weighted by molar-refractivity contribution is 5.71. The van der Waals surface area contributed by atoms with Gasteiger partial charge in [-0.3, -0.25) is 4.79 Å². The molecule has 0 aromatic rings. The van der Waals surface area contributed by atoms with Gasteiger partial charge in [0.1, 0.15) is 0 Å². The topological polar surface area (TPSA) is 46.5 Å². The van der Waals surface area contributed by atoms with Gasteiger partial charge in [-0.15, -0.1) is 0 Å². The second-order valence-corrected chi connectivity index (χ2v) is 2.84. The van der Waals surface area contributed by atoms with Crippen LogP contribution in [0.5, 0.6) is 0 Å². The number of carbonyl (C=O) groups excluding carboxylic acids is 1. The number of carbonyl (C=O) groups is 1. The van der Waals surface area contributed by atoms with E-state index in [4.69, 9.17) is 4.74 Å². The number of allylic oxidation sites excluding steroid dienone is 1. The maximum atomic E-state index is 10.9. The van der Waals surface area contributed by atoms with E-state index in [9.17, 15) is 9.90 Å². The second-order valence-electron chi connectivity index (χ2n) is 2.84. The first kappa shape index (κ1) is 11.2. The van der Waals surface area contributed by atoms with Gasteiger partial charge in [0.25, 0.3) is 0 Å². The number of esters is 1. The van der Waals surface area contributed by atoms with E-state index < -0.39 is 5.60 Å². The van der Waals surface area contributed by atoms with Crippen molar-refractivity contribution < 1.29 is 14.6 Å². The minimum Gasteiger partial charge on any atom is -0.466 e. The van der Waals surface area contributed by atoms with E-state index in [0.29, 0.717) is 6.61 Å². The molecule has 1 atom stereocenters. The zero-order valence-corrected chi connectivity index (χ0v) is 7.83. The molecule has 0 bridgehead atoms. The van der Waals surface area contributed by atoms with Crippen LogP contribution in [0.1, 0.15) is 27.2 Å². The Balaban J connectivity index is 3.96. The van der Waals surface area contributed by atoms with Crippen LogP contribution in [0.25, 0.3) is 0 Å². The molecule has 3 nitrogen and oxygen atoms in total. The van der Waals surface area contributed by atoms with E-state index in [2.05, 4.69) is 0 Å². The zero-order chi connectivity index (χ0) is 9.61. The Morgan fingerprint density at radius 1 is 1.67 bits per heavy atom. The summed E-state index contributed by atoms with van der Waals surface area (Å²) in [7, 11) is 0. The highest BCUT2D eigenvalue weighted by atomic mass is 16.5. The van der Waals surface area contributed by atoms with Crippen LogP contribution in [0, 0.1) is 0 Å². The molecule has 3 heteroatoms. The summed E-state index contributed by atoms with van der Waals surface area (Å²) in [5.74, 6) is -0.374. The fourth-order valence-corrected chi connectivity index (χ4v) is 0.922. The summed E-state index contributed by atoms with van der Waals surface area (Å²) in [5, 5.41) is 9.52. The SMILES string of the molecule is CC=CC(C)(O)CC(=O)OCC. The quantitative estimate of drug-likeness (QED) is 0.513. The van der Waals surface area contributed by atoms with Crippen LogP contribution in [0.4, 0.5) is 0 Å². The van der Waals surface area contributed by atoms with E-state index in [-0.39, 0.29) is 12.4 Å². The third-order valence-electron chi connectivity index (χ3n) is 1.33.